The van der Waals surface area contributed by atoms with Crippen LogP contribution in [0.1, 0.15) is 75.6 Å². The Labute approximate surface area is 179 Å². The van der Waals surface area contributed by atoms with E-state index in [1.54, 1.807) is 4.88 Å². The maximum Gasteiger partial charge on any atom is 0.407 e. The molecular formula is C23H36N2O3S. The van der Waals surface area contributed by atoms with Crippen molar-refractivity contribution in [1.82, 2.24) is 10.2 Å². The zero-order chi connectivity index (χ0) is 20.8. The van der Waals surface area contributed by atoms with Gasteiger partial charge in [0.2, 0.25) is 0 Å². The number of likely N-dealkylation sites (tertiary alicyclic amines) is 1. The fourth-order valence-corrected chi connectivity index (χ4v) is 6.42. The van der Waals surface area contributed by atoms with Gasteiger partial charge in [-0.15, -0.1) is 11.3 Å². The SMILES string of the molecule is CCc1cc2c(s1)CCO[C@@]21CCN([C@H]2C[C@H](NC(=O)OC(C)(C)C)C2)[C@@H](C)C1. The summed E-state index contributed by atoms with van der Waals surface area (Å²) in [5.74, 6) is 0. The summed E-state index contributed by atoms with van der Waals surface area (Å²) in [5, 5.41) is 3.02. The van der Waals surface area contributed by atoms with Crippen molar-refractivity contribution in [2.75, 3.05) is 13.2 Å². The van der Waals surface area contributed by atoms with Gasteiger partial charge in [0.1, 0.15) is 5.60 Å². The molecule has 3 aliphatic rings. The molecule has 0 radical (unpaired) electrons. The Kier molecular flexibility index (Phi) is 5.73. The number of piperidine rings is 1. The van der Waals surface area contributed by atoms with Crippen molar-refractivity contribution in [1.29, 1.82) is 0 Å². The zero-order valence-corrected chi connectivity index (χ0v) is 19.4. The maximum absolute atomic E-state index is 12.0. The number of aryl methyl sites for hydroxylation is 1. The van der Waals surface area contributed by atoms with Crippen molar-refractivity contribution in [3.63, 3.8) is 0 Å². The lowest BCUT2D eigenvalue weighted by Gasteiger charge is -2.53. The topological polar surface area (TPSA) is 50.8 Å². The van der Waals surface area contributed by atoms with E-state index in [-0.39, 0.29) is 17.7 Å². The minimum Gasteiger partial charge on any atom is -0.444 e. The summed E-state index contributed by atoms with van der Waals surface area (Å²) in [5.41, 5.74) is 0.960. The minimum atomic E-state index is -0.443. The first-order valence-corrected chi connectivity index (χ1v) is 12.0. The number of carbonyl (C=O) groups excluding carboxylic acids is 1. The first-order chi connectivity index (χ1) is 13.7. The van der Waals surface area contributed by atoms with Crippen LogP contribution >= 0.6 is 11.3 Å². The quantitative estimate of drug-likeness (QED) is 0.775. The van der Waals surface area contributed by atoms with E-state index in [0.717, 1.165) is 51.7 Å². The summed E-state index contributed by atoms with van der Waals surface area (Å²) in [6, 6.07) is 3.71. The molecule has 0 unspecified atom stereocenters. The number of nitrogens with zero attached hydrogens (tertiary/aromatic N) is 1. The van der Waals surface area contributed by atoms with Crippen LogP contribution < -0.4 is 5.32 Å². The molecule has 1 N–H and O–H groups in total. The second kappa shape index (κ2) is 7.86. The highest BCUT2D eigenvalue weighted by Gasteiger charge is 2.47. The molecule has 1 aliphatic carbocycles. The van der Waals surface area contributed by atoms with Crippen molar-refractivity contribution in [3.8, 4) is 0 Å². The fourth-order valence-electron chi connectivity index (χ4n) is 5.24. The minimum absolute atomic E-state index is 0.0780. The Morgan fingerprint density at radius 1 is 1.41 bits per heavy atom. The molecule has 29 heavy (non-hydrogen) atoms. The molecule has 3 heterocycles. The van der Waals surface area contributed by atoms with Crippen LogP contribution in [-0.4, -0.2) is 47.9 Å². The highest BCUT2D eigenvalue weighted by atomic mass is 32.1. The molecule has 1 saturated carbocycles. The second-order valence-corrected chi connectivity index (χ2v) is 11.2. The van der Waals surface area contributed by atoms with Crippen LogP contribution in [0.4, 0.5) is 4.79 Å². The zero-order valence-electron chi connectivity index (χ0n) is 18.5. The van der Waals surface area contributed by atoms with Gasteiger partial charge in [-0.3, -0.25) is 4.90 Å². The van der Waals surface area contributed by atoms with E-state index < -0.39 is 5.60 Å². The van der Waals surface area contributed by atoms with E-state index >= 15 is 0 Å². The van der Waals surface area contributed by atoms with Crippen LogP contribution in [0.25, 0.3) is 0 Å². The monoisotopic (exact) mass is 420 g/mol. The van der Waals surface area contributed by atoms with E-state index in [1.165, 1.54) is 10.4 Å². The van der Waals surface area contributed by atoms with Gasteiger partial charge < -0.3 is 14.8 Å². The number of nitrogens with one attached hydrogen (secondary N) is 1. The van der Waals surface area contributed by atoms with E-state index in [4.69, 9.17) is 9.47 Å². The predicted octanol–water partition coefficient (Wildman–Crippen LogP) is 4.62. The third-order valence-electron chi connectivity index (χ3n) is 6.68. The lowest BCUT2D eigenvalue weighted by atomic mass is 9.76. The van der Waals surface area contributed by atoms with Gasteiger partial charge in [-0.05, 0) is 71.4 Å². The van der Waals surface area contributed by atoms with Gasteiger partial charge in [0.25, 0.3) is 0 Å². The summed E-state index contributed by atoms with van der Waals surface area (Å²) in [7, 11) is 0. The van der Waals surface area contributed by atoms with Crippen LogP contribution in [0.15, 0.2) is 6.07 Å². The van der Waals surface area contributed by atoms with Gasteiger partial charge in [-0.1, -0.05) is 6.92 Å². The lowest BCUT2D eigenvalue weighted by molar-refractivity contribution is -0.123. The largest absolute Gasteiger partial charge is 0.444 e. The molecule has 1 aromatic heterocycles. The van der Waals surface area contributed by atoms with Crippen LogP contribution in [0, 0.1) is 0 Å². The highest BCUT2D eigenvalue weighted by molar-refractivity contribution is 7.12. The van der Waals surface area contributed by atoms with Crippen LogP contribution in [0.3, 0.4) is 0 Å². The third-order valence-corrected chi connectivity index (χ3v) is 8.01. The lowest BCUT2D eigenvalue weighted by Crippen LogP contribution is -2.60. The number of alkyl carbamates (subject to hydrolysis) is 1. The number of rotatable bonds is 3. The molecule has 162 valence electrons. The van der Waals surface area contributed by atoms with Gasteiger partial charge in [0.05, 0.1) is 12.2 Å². The first kappa shape index (κ1) is 21.1. The third kappa shape index (κ3) is 4.35. The number of carbonyl (C=O) groups is 1. The van der Waals surface area contributed by atoms with E-state index in [1.807, 2.05) is 32.1 Å². The van der Waals surface area contributed by atoms with E-state index in [9.17, 15) is 4.79 Å². The molecule has 1 amide bonds. The molecule has 5 nitrogen and oxygen atoms in total. The van der Waals surface area contributed by atoms with Crippen LogP contribution in [-0.2, 0) is 27.9 Å². The van der Waals surface area contributed by atoms with Crippen molar-refractivity contribution >= 4 is 17.4 Å². The molecule has 2 fully saturated rings. The maximum atomic E-state index is 12.0. The average molecular weight is 421 g/mol. The van der Waals surface area contributed by atoms with Gasteiger partial charge in [-0.2, -0.15) is 0 Å². The number of amides is 1. The first-order valence-electron chi connectivity index (χ1n) is 11.2. The Balaban J connectivity index is 1.33. The van der Waals surface area contributed by atoms with Crippen LogP contribution in [0.2, 0.25) is 0 Å². The summed E-state index contributed by atoms with van der Waals surface area (Å²) in [4.78, 5) is 17.7. The number of hydrogen-bond donors (Lipinski definition) is 1. The Morgan fingerprint density at radius 3 is 2.83 bits per heavy atom. The summed E-state index contributed by atoms with van der Waals surface area (Å²) in [6.07, 6.45) is 6.07. The summed E-state index contributed by atoms with van der Waals surface area (Å²) >= 11 is 1.99. The smallest absolute Gasteiger partial charge is 0.407 e. The predicted molar refractivity (Wildman–Crippen MR) is 117 cm³/mol. The second-order valence-electron chi connectivity index (χ2n) is 10.0. The van der Waals surface area contributed by atoms with Crippen LogP contribution in [0.5, 0.6) is 0 Å². The Morgan fingerprint density at radius 2 is 2.17 bits per heavy atom. The summed E-state index contributed by atoms with van der Waals surface area (Å²) in [6.45, 7) is 12.2. The van der Waals surface area contributed by atoms with Crippen molar-refractivity contribution in [2.24, 2.45) is 0 Å². The van der Waals surface area contributed by atoms with Gasteiger partial charge in [0, 0.05) is 40.8 Å². The van der Waals surface area contributed by atoms with Crippen molar-refractivity contribution in [2.45, 2.75) is 102 Å². The molecule has 4 rings (SSSR count). The molecule has 0 aromatic carbocycles. The molecule has 0 bridgehead atoms. The van der Waals surface area contributed by atoms with E-state index in [0.29, 0.717) is 12.1 Å². The molecule has 1 spiro atoms. The number of thiophene rings is 1. The average Bonchev–Trinajstić information content (AvgIpc) is 3.02. The normalized spacial score (nSPS) is 32.5. The molecule has 6 heteroatoms. The number of hydrogen-bond acceptors (Lipinski definition) is 5. The Bertz CT molecular complexity index is 750. The molecule has 1 saturated heterocycles. The van der Waals surface area contributed by atoms with Gasteiger partial charge in [-0.25, -0.2) is 4.79 Å². The van der Waals surface area contributed by atoms with E-state index in [2.05, 4.69) is 30.1 Å². The highest BCUT2D eigenvalue weighted by Crippen LogP contribution is 2.47. The fraction of sp³-hybridized carbons (Fsp3) is 0.783. The summed E-state index contributed by atoms with van der Waals surface area (Å²) < 4.78 is 11.9. The molecule has 2 atom stereocenters. The number of ether oxygens (including phenoxy) is 2. The molecule has 2 aliphatic heterocycles. The Hall–Kier alpha value is -1.11. The van der Waals surface area contributed by atoms with Crippen molar-refractivity contribution < 1.29 is 14.3 Å². The molecular weight excluding hydrogens is 384 g/mol. The molecule has 1 aromatic rings. The van der Waals surface area contributed by atoms with Crippen molar-refractivity contribution in [3.05, 3.63) is 21.4 Å². The number of fused-ring (bicyclic) bond motifs is 2. The standard InChI is InChI=1S/C23H36N2O3S/c1-6-18-13-19-20(29-18)7-10-27-23(19)8-9-25(15(2)14-23)17-11-16(12-17)24-21(26)28-22(3,4)5/h13,15-17H,6-12,14H2,1-5H3,(H,24,26)/t15-,16-,17-,23+/m0/s1. The van der Waals surface area contributed by atoms with Gasteiger partial charge in [0.15, 0.2) is 0 Å². The van der Waals surface area contributed by atoms with Gasteiger partial charge >= 0.3 is 6.09 Å².